The number of amides is 1. The number of ether oxygens (including phenoxy) is 1. The molecule has 130 valence electrons. The Hall–Kier alpha value is -2.45. The highest BCUT2D eigenvalue weighted by Gasteiger charge is 2.08. The molecule has 0 saturated carbocycles. The number of carbonyl (C=O) groups is 1. The molecule has 0 spiro atoms. The van der Waals surface area contributed by atoms with E-state index in [1.165, 1.54) is 11.3 Å². The molecule has 25 heavy (non-hydrogen) atoms. The maximum Gasteiger partial charge on any atom is 0.226 e. The van der Waals surface area contributed by atoms with Gasteiger partial charge in [0, 0.05) is 17.5 Å². The molecule has 0 atom stereocenters. The molecule has 2 heterocycles. The van der Waals surface area contributed by atoms with E-state index in [2.05, 4.69) is 20.6 Å². The number of hydrogen-bond donors (Lipinski definition) is 1. The predicted octanol–water partition coefficient (Wildman–Crippen LogP) is 2.30. The number of halogens is 1. The minimum absolute atomic E-state index is 0.0536. The highest BCUT2D eigenvalue weighted by atomic mass is 35.5. The average molecular weight is 378 g/mol. The summed E-state index contributed by atoms with van der Waals surface area (Å²) >= 11 is 7.38. The number of nitrogens with zero attached hydrogens (tertiary/aromatic N) is 4. The molecule has 0 aliphatic rings. The molecular weight excluding hydrogens is 362 g/mol. The van der Waals surface area contributed by atoms with E-state index in [4.69, 9.17) is 16.3 Å². The van der Waals surface area contributed by atoms with Crippen molar-refractivity contribution in [3.63, 3.8) is 0 Å². The van der Waals surface area contributed by atoms with E-state index in [9.17, 15) is 4.79 Å². The van der Waals surface area contributed by atoms with E-state index in [-0.39, 0.29) is 12.3 Å². The summed E-state index contributed by atoms with van der Waals surface area (Å²) in [6.07, 6.45) is 2.10. The third-order valence-electron chi connectivity index (χ3n) is 3.28. The van der Waals surface area contributed by atoms with Crippen LogP contribution in [0.5, 0.6) is 5.75 Å². The highest BCUT2D eigenvalue weighted by molar-refractivity contribution is 7.09. The lowest BCUT2D eigenvalue weighted by atomic mass is 10.3. The van der Waals surface area contributed by atoms with Crippen molar-refractivity contribution in [3.05, 3.63) is 57.3 Å². The van der Waals surface area contributed by atoms with Crippen molar-refractivity contribution in [2.24, 2.45) is 0 Å². The van der Waals surface area contributed by atoms with Gasteiger partial charge in [-0.15, -0.1) is 16.4 Å². The molecule has 0 unspecified atom stereocenters. The second kappa shape index (κ2) is 8.09. The molecule has 0 aliphatic carbocycles. The summed E-state index contributed by atoms with van der Waals surface area (Å²) in [7, 11) is 1.61. The normalized spacial score (nSPS) is 10.6. The van der Waals surface area contributed by atoms with Crippen LogP contribution in [0.4, 0.5) is 0 Å². The van der Waals surface area contributed by atoms with Gasteiger partial charge < -0.3 is 10.1 Å². The monoisotopic (exact) mass is 377 g/mol. The summed E-state index contributed by atoms with van der Waals surface area (Å²) in [5.41, 5.74) is 1.55. The maximum absolute atomic E-state index is 11.4. The number of likely N-dealkylation sites (N-methyl/N-ethyl adjacent to an activating group) is 1. The Morgan fingerprint density at radius 1 is 1.40 bits per heavy atom. The summed E-state index contributed by atoms with van der Waals surface area (Å²) in [6, 6.07) is 7.19. The largest absolute Gasteiger partial charge is 0.487 e. The van der Waals surface area contributed by atoms with Gasteiger partial charge in [-0.2, -0.15) is 0 Å². The van der Waals surface area contributed by atoms with Crippen LogP contribution in [-0.4, -0.2) is 32.9 Å². The van der Waals surface area contributed by atoms with E-state index >= 15 is 0 Å². The predicted molar refractivity (Wildman–Crippen MR) is 94.8 cm³/mol. The zero-order valence-electron chi connectivity index (χ0n) is 13.5. The van der Waals surface area contributed by atoms with Crippen LogP contribution in [0, 0.1) is 0 Å². The number of thiazole rings is 1. The smallest absolute Gasteiger partial charge is 0.226 e. The van der Waals surface area contributed by atoms with Crippen LogP contribution in [0.3, 0.4) is 0 Å². The molecule has 3 rings (SSSR count). The third-order valence-corrected chi connectivity index (χ3v) is 4.42. The van der Waals surface area contributed by atoms with E-state index in [1.54, 1.807) is 23.9 Å². The first-order valence-electron chi connectivity index (χ1n) is 7.53. The van der Waals surface area contributed by atoms with Crippen LogP contribution in [0.15, 0.2) is 35.8 Å². The van der Waals surface area contributed by atoms with Gasteiger partial charge in [0.15, 0.2) is 0 Å². The van der Waals surface area contributed by atoms with Gasteiger partial charge in [-0.05, 0) is 18.2 Å². The van der Waals surface area contributed by atoms with Crippen LogP contribution in [0.2, 0.25) is 5.02 Å². The number of carbonyl (C=O) groups excluding carboxylic acids is 1. The standard InChI is InChI=1S/C16H16ClN5O2S/c1-18-15(23)6-16-19-13(10-25-16)8-22-7-12(20-21-22)9-24-14-4-2-3-11(17)5-14/h2-5,7,10H,6,8-9H2,1H3,(H,18,23). The van der Waals surface area contributed by atoms with E-state index in [0.717, 1.165) is 10.7 Å². The molecular formula is C16H16ClN5O2S. The van der Waals surface area contributed by atoms with Crippen molar-refractivity contribution in [1.29, 1.82) is 0 Å². The summed E-state index contributed by atoms with van der Waals surface area (Å²) in [5.74, 6) is 0.627. The molecule has 2 aromatic heterocycles. The van der Waals surface area contributed by atoms with Gasteiger partial charge in [-0.25, -0.2) is 9.67 Å². The Bertz CT molecular complexity index is 864. The number of nitrogens with one attached hydrogen (secondary N) is 1. The van der Waals surface area contributed by atoms with Crippen molar-refractivity contribution in [2.45, 2.75) is 19.6 Å². The Kier molecular flexibility index (Phi) is 5.62. The molecule has 3 aromatic rings. The first kappa shape index (κ1) is 17.4. The molecule has 7 nitrogen and oxygen atoms in total. The highest BCUT2D eigenvalue weighted by Crippen LogP contribution is 2.18. The van der Waals surface area contributed by atoms with Crippen molar-refractivity contribution in [2.75, 3.05) is 7.05 Å². The van der Waals surface area contributed by atoms with Crippen LogP contribution in [0.25, 0.3) is 0 Å². The van der Waals surface area contributed by atoms with Gasteiger partial charge in [0.05, 0.1) is 24.9 Å². The fourth-order valence-electron chi connectivity index (χ4n) is 2.09. The molecule has 0 fully saturated rings. The number of rotatable bonds is 7. The Morgan fingerprint density at radius 3 is 3.08 bits per heavy atom. The van der Waals surface area contributed by atoms with Gasteiger partial charge in [0.2, 0.25) is 5.91 Å². The topological polar surface area (TPSA) is 81.9 Å². The quantitative estimate of drug-likeness (QED) is 0.683. The first-order chi connectivity index (χ1) is 12.1. The van der Waals surface area contributed by atoms with Gasteiger partial charge in [0.25, 0.3) is 0 Å². The summed E-state index contributed by atoms with van der Waals surface area (Å²) in [5, 5.41) is 14.1. The van der Waals surface area contributed by atoms with E-state index in [0.29, 0.717) is 29.6 Å². The average Bonchev–Trinajstić information content (AvgIpc) is 3.23. The minimum Gasteiger partial charge on any atom is -0.487 e. The summed E-state index contributed by atoms with van der Waals surface area (Å²) < 4.78 is 7.33. The van der Waals surface area contributed by atoms with Gasteiger partial charge in [-0.1, -0.05) is 22.9 Å². The van der Waals surface area contributed by atoms with Gasteiger partial charge >= 0.3 is 0 Å². The van der Waals surface area contributed by atoms with Crippen molar-refractivity contribution >= 4 is 28.8 Å². The number of benzene rings is 1. The zero-order valence-corrected chi connectivity index (χ0v) is 15.0. The molecule has 0 radical (unpaired) electrons. The first-order valence-corrected chi connectivity index (χ1v) is 8.79. The van der Waals surface area contributed by atoms with Crippen LogP contribution < -0.4 is 10.1 Å². The minimum atomic E-state index is -0.0536. The second-order valence-electron chi connectivity index (χ2n) is 5.24. The Labute approximate surface area is 153 Å². The SMILES string of the molecule is CNC(=O)Cc1nc(Cn2cc(COc3cccc(Cl)c3)nn2)cs1. The van der Waals surface area contributed by atoms with Crippen molar-refractivity contribution in [3.8, 4) is 5.75 Å². The maximum atomic E-state index is 11.4. The summed E-state index contributed by atoms with van der Waals surface area (Å²) in [4.78, 5) is 15.8. The van der Waals surface area contributed by atoms with E-state index in [1.807, 2.05) is 23.7 Å². The molecule has 1 N–H and O–H groups in total. The molecule has 0 saturated heterocycles. The fourth-order valence-corrected chi connectivity index (χ4v) is 3.05. The Balaban J connectivity index is 1.55. The lowest BCUT2D eigenvalue weighted by Crippen LogP contribution is -2.19. The fraction of sp³-hybridized carbons (Fsp3) is 0.250. The second-order valence-corrected chi connectivity index (χ2v) is 6.62. The van der Waals surface area contributed by atoms with Gasteiger partial charge in [0.1, 0.15) is 23.1 Å². The van der Waals surface area contributed by atoms with E-state index < -0.39 is 0 Å². The van der Waals surface area contributed by atoms with Crippen LogP contribution in [0.1, 0.15) is 16.4 Å². The van der Waals surface area contributed by atoms with Crippen LogP contribution >= 0.6 is 22.9 Å². The summed E-state index contributed by atoms with van der Waals surface area (Å²) in [6.45, 7) is 0.799. The molecule has 0 bridgehead atoms. The number of hydrogen-bond acceptors (Lipinski definition) is 6. The van der Waals surface area contributed by atoms with Crippen LogP contribution in [-0.2, 0) is 24.4 Å². The molecule has 9 heteroatoms. The van der Waals surface area contributed by atoms with Crippen molar-refractivity contribution < 1.29 is 9.53 Å². The van der Waals surface area contributed by atoms with Gasteiger partial charge in [-0.3, -0.25) is 4.79 Å². The molecule has 0 aliphatic heterocycles. The molecule has 1 aromatic carbocycles. The lowest BCUT2D eigenvalue weighted by molar-refractivity contribution is -0.119. The Morgan fingerprint density at radius 2 is 2.28 bits per heavy atom. The number of aromatic nitrogens is 4. The lowest BCUT2D eigenvalue weighted by Gasteiger charge is -2.03. The third kappa shape index (κ3) is 5.01. The molecule has 1 amide bonds. The van der Waals surface area contributed by atoms with Crippen molar-refractivity contribution in [1.82, 2.24) is 25.3 Å². The zero-order chi connectivity index (χ0) is 17.6.